The molecule has 0 spiro atoms. The van der Waals surface area contributed by atoms with Crippen LogP contribution in [0.3, 0.4) is 0 Å². The lowest BCUT2D eigenvalue weighted by Crippen LogP contribution is -2.23. The van der Waals surface area contributed by atoms with Gasteiger partial charge in [-0.25, -0.2) is 4.98 Å². The molecule has 4 aromatic rings. The largest absolute Gasteiger partial charge is 0.490 e. The van der Waals surface area contributed by atoms with Gasteiger partial charge < -0.3 is 9.47 Å². The monoisotopic (exact) mass is 455 g/mol. The van der Waals surface area contributed by atoms with Crippen LogP contribution in [0.5, 0.6) is 11.5 Å². The van der Waals surface area contributed by atoms with Gasteiger partial charge in [-0.15, -0.1) is 0 Å². The van der Waals surface area contributed by atoms with Crippen LogP contribution in [0.4, 0.5) is 0 Å². The van der Waals surface area contributed by atoms with Crippen LogP contribution < -0.4 is 25.5 Å². The SMILES string of the molecule is CC(C)Oc1cccc(OC(C)C)c1-c1cccc(P(c2ccccc2)c2ccccc2)n1. The molecule has 4 heteroatoms. The van der Waals surface area contributed by atoms with E-state index in [4.69, 9.17) is 14.5 Å². The molecule has 0 amide bonds. The molecule has 168 valence electrons. The third-order valence-corrected chi connectivity index (χ3v) is 7.30. The van der Waals surface area contributed by atoms with Gasteiger partial charge in [-0.2, -0.15) is 0 Å². The van der Waals surface area contributed by atoms with Crippen molar-refractivity contribution >= 4 is 24.0 Å². The second-order valence-corrected chi connectivity index (χ2v) is 10.5. The van der Waals surface area contributed by atoms with Gasteiger partial charge in [-0.05, 0) is 62.6 Å². The van der Waals surface area contributed by atoms with Crippen molar-refractivity contribution < 1.29 is 9.47 Å². The summed E-state index contributed by atoms with van der Waals surface area (Å²) < 4.78 is 12.4. The maximum atomic E-state index is 6.18. The normalized spacial score (nSPS) is 11.2. The Bertz CT molecular complexity index is 1110. The second-order valence-electron chi connectivity index (χ2n) is 8.35. The molecule has 1 heterocycles. The molecule has 1 aromatic heterocycles. The van der Waals surface area contributed by atoms with E-state index in [0.29, 0.717) is 0 Å². The van der Waals surface area contributed by atoms with Crippen molar-refractivity contribution in [2.24, 2.45) is 0 Å². The number of hydrogen-bond donors (Lipinski definition) is 0. The first kappa shape index (κ1) is 23.0. The van der Waals surface area contributed by atoms with Gasteiger partial charge in [-0.3, -0.25) is 0 Å². The number of aromatic nitrogens is 1. The number of nitrogens with zero attached hydrogens (tertiary/aromatic N) is 1. The second kappa shape index (κ2) is 10.6. The van der Waals surface area contributed by atoms with E-state index in [1.807, 2.05) is 52.0 Å². The minimum atomic E-state index is -0.798. The topological polar surface area (TPSA) is 31.4 Å². The molecule has 0 aliphatic heterocycles. The van der Waals surface area contributed by atoms with Crippen LogP contribution in [0.25, 0.3) is 11.3 Å². The van der Waals surface area contributed by atoms with E-state index in [2.05, 4.69) is 72.8 Å². The summed E-state index contributed by atoms with van der Waals surface area (Å²) in [7, 11) is -0.798. The summed E-state index contributed by atoms with van der Waals surface area (Å²) in [4.78, 5) is 5.20. The minimum absolute atomic E-state index is 0.0481. The molecule has 3 aromatic carbocycles. The van der Waals surface area contributed by atoms with Crippen LogP contribution >= 0.6 is 7.92 Å². The lowest BCUT2D eigenvalue weighted by atomic mass is 10.1. The average molecular weight is 456 g/mol. The highest BCUT2D eigenvalue weighted by Crippen LogP contribution is 2.39. The summed E-state index contributed by atoms with van der Waals surface area (Å²) in [6, 6.07) is 33.5. The highest BCUT2D eigenvalue weighted by molar-refractivity contribution is 7.79. The number of rotatable bonds is 8. The fourth-order valence-electron chi connectivity index (χ4n) is 3.72. The Morgan fingerprint density at radius 2 is 1.06 bits per heavy atom. The van der Waals surface area contributed by atoms with Crippen molar-refractivity contribution in [3.63, 3.8) is 0 Å². The lowest BCUT2D eigenvalue weighted by molar-refractivity contribution is 0.231. The predicted molar refractivity (Wildman–Crippen MR) is 140 cm³/mol. The lowest BCUT2D eigenvalue weighted by Gasteiger charge is -2.21. The number of benzene rings is 3. The smallest absolute Gasteiger partial charge is 0.132 e. The van der Waals surface area contributed by atoms with E-state index in [9.17, 15) is 0 Å². The van der Waals surface area contributed by atoms with Gasteiger partial charge >= 0.3 is 0 Å². The summed E-state index contributed by atoms with van der Waals surface area (Å²) in [6.45, 7) is 8.14. The molecule has 0 N–H and O–H groups in total. The third-order valence-electron chi connectivity index (χ3n) is 4.96. The zero-order chi connectivity index (χ0) is 23.2. The Kier molecular flexibility index (Phi) is 7.42. The molecule has 0 aliphatic rings. The van der Waals surface area contributed by atoms with Crippen molar-refractivity contribution in [1.29, 1.82) is 0 Å². The first-order chi connectivity index (χ1) is 16.0. The summed E-state index contributed by atoms with van der Waals surface area (Å²) in [5.41, 5.74) is 2.81. The molecule has 33 heavy (non-hydrogen) atoms. The Balaban J connectivity index is 1.87. The summed E-state index contributed by atoms with van der Waals surface area (Å²) >= 11 is 0. The van der Waals surface area contributed by atoms with Gasteiger partial charge in [0.1, 0.15) is 11.5 Å². The Morgan fingerprint density at radius 1 is 0.576 bits per heavy atom. The van der Waals surface area contributed by atoms with Crippen LogP contribution in [-0.2, 0) is 0 Å². The minimum Gasteiger partial charge on any atom is -0.490 e. The highest BCUT2D eigenvalue weighted by Gasteiger charge is 2.21. The molecular formula is C29H30NO2P. The van der Waals surface area contributed by atoms with E-state index < -0.39 is 7.92 Å². The van der Waals surface area contributed by atoms with Gasteiger partial charge in [0.15, 0.2) is 0 Å². The quantitative estimate of drug-likeness (QED) is 0.302. The molecule has 4 rings (SSSR count). The van der Waals surface area contributed by atoms with Crippen LogP contribution in [-0.4, -0.2) is 17.2 Å². The van der Waals surface area contributed by atoms with Crippen molar-refractivity contribution in [2.45, 2.75) is 39.9 Å². The molecule has 0 unspecified atom stereocenters. The standard InChI is InChI=1S/C29H30NO2P/c1-21(2)31-26-18-12-19-27(32-22(3)4)29(26)25-17-11-20-28(30-25)33(23-13-7-5-8-14-23)24-15-9-6-10-16-24/h5-22H,1-4H3. The molecule has 0 saturated carbocycles. The van der Waals surface area contributed by atoms with E-state index in [1.165, 1.54) is 10.6 Å². The third kappa shape index (κ3) is 5.61. The molecule has 3 nitrogen and oxygen atoms in total. The Labute approximate surface area is 198 Å². The van der Waals surface area contributed by atoms with Crippen LogP contribution in [0.2, 0.25) is 0 Å². The van der Waals surface area contributed by atoms with Crippen LogP contribution in [0, 0.1) is 0 Å². The zero-order valence-corrected chi connectivity index (χ0v) is 20.5. The van der Waals surface area contributed by atoms with Crippen molar-refractivity contribution in [2.75, 3.05) is 0 Å². The Morgan fingerprint density at radius 3 is 1.55 bits per heavy atom. The molecule has 0 radical (unpaired) electrons. The van der Waals surface area contributed by atoms with E-state index in [1.54, 1.807) is 0 Å². The maximum absolute atomic E-state index is 6.18. The van der Waals surface area contributed by atoms with Crippen molar-refractivity contribution in [1.82, 2.24) is 4.98 Å². The van der Waals surface area contributed by atoms with Gasteiger partial charge in [-0.1, -0.05) is 72.8 Å². The van der Waals surface area contributed by atoms with Gasteiger partial charge in [0.2, 0.25) is 0 Å². The molecule has 0 aliphatic carbocycles. The molecule has 0 saturated heterocycles. The zero-order valence-electron chi connectivity index (χ0n) is 19.6. The number of pyridine rings is 1. The van der Waals surface area contributed by atoms with Crippen LogP contribution in [0.15, 0.2) is 97.1 Å². The Hall–Kier alpha value is -3.16. The fourth-order valence-corrected chi connectivity index (χ4v) is 5.93. The van der Waals surface area contributed by atoms with Gasteiger partial charge in [0, 0.05) is 7.92 Å². The fraction of sp³-hybridized carbons (Fsp3) is 0.207. The van der Waals surface area contributed by atoms with E-state index >= 15 is 0 Å². The predicted octanol–water partition coefficient (Wildman–Crippen LogP) is 6.08. The molecular weight excluding hydrogens is 425 g/mol. The number of ether oxygens (including phenoxy) is 2. The first-order valence-electron chi connectivity index (χ1n) is 11.4. The molecule has 0 fully saturated rings. The van der Waals surface area contributed by atoms with Crippen molar-refractivity contribution in [3.05, 3.63) is 97.1 Å². The van der Waals surface area contributed by atoms with E-state index in [0.717, 1.165) is 28.2 Å². The average Bonchev–Trinajstić information content (AvgIpc) is 2.80. The van der Waals surface area contributed by atoms with Crippen molar-refractivity contribution in [3.8, 4) is 22.8 Å². The van der Waals surface area contributed by atoms with E-state index in [-0.39, 0.29) is 12.2 Å². The summed E-state index contributed by atoms with van der Waals surface area (Å²) in [6.07, 6.45) is 0.0963. The van der Waals surface area contributed by atoms with Gasteiger partial charge in [0.25, 0.3) is 0 Å². The van der Waals surface area contributed by atoms with Crippen LogP contribution in [0.1, 0.15) is 27.7 Å². The first-order valence-corrected chi connectivity index (χ1v) is 12.7. The summed E-state index contributed by atoms with van der Waals surface area (Å²) in [5, 5.41) is 2.54. The molecule has 0 bridgehead atoms. The number of hydrogen-bond acceptors (Lipinski definition) is 3. The molecule has 0 atom stereocenters. The van der Waals surface area contributed by atoms with Gasteiger partial charge in [0.05, 0.1) is 28.9 Å². The summed E-state index contributed by atoms with van der Waals surface area (Å²) in [5.74, 6) is 1.58. The highest BCUT2D eigenvalue weighted by atomic mass is 31.1. The maximum Gasteiger partial charge on any atom is 0.132 e.